The molecule has 0 aliphatic heterocycles. The zero-order chi connectivity index (χ0) is 14.0. The highest BCUT2D eigenvalue weighted by Crippen LogP contribution is 2.28. The monoisotopic (exact) mass is 287 g/mol. The number of hydrogen-bond acceptors (Lipinski definition) is 3. The van der Waals surface area contributed by atoms with Gasteiger partial charge in [-0.1, -0.05) is 11.6 Å². The first-order valence-electron chi connectivity index (χ1n) is 5.24. The van der Waals surface area contributed by atoms with Crippen LogP contribution in [0.1, 0.15) is 17.2 Å². The number of pyridine rings is 1. The summed E-state index contributed by atoms with van der Waals surface area (Å²) in [7, 11) is 0. The van der Waals surface area contributed by atoms with E-state index in [4.69, 9.17) is 17.4 Å². The standard InChI is InChI=1S/C12H9ClF3N3/c13-8-4-9(14)7(3-10(8)15)12(19-17)6-1-2-18-5-11(6)16/h1-5,12,19H,17H2. The van der Waals surface area contributed by atoms with Crippen molar-refractivity contribution >= 4 is 11.6 Å². The van der Waals surface area contributed by atoms with Gasteiger partial charge in [0, 0.05) is 17.3 Å². The molecule has 2 aromatic rings. The molecule has 0 aliphatic rings. The number of nitrogens with one attached hydrogen (secondary N) is 1. The van der Waals surface area contributed by atoms with E-state index in [-0.39, 0.29) is 16.1 Å². The largest absolute Gasteiger partial charge is 0.271 e. The van der Waals surface area contributed by atoms with Crippen molar-refractivity contribution in [1.29, 1.82) is 0 Å². The molecule has 7 heteroatoms. The van der Waals surface area contributed by atoms with E-state index in [0.717, 1.165) is 18.3 Å². The van der Waals surface area contributed by atoms with Gasteiger partial charge in [-0.25, -0.2) is 18.6 Å². The van der Waals surface area contributed by atoms with E-state index in [2.05, 4.69) is 10.4 Å². The molecule has 0 fully saturated rings. The molecule has 1 aromatic heterocycles. The highest BCUT2D eigenvalue weighted by Gasteiger charge is 2.21. The molecule has 0 bridgehead atoms. The maximum absolute atomic E-state index is 13.8. The minimum absolute atomic E-state index is 0.0538. The number of halogens is 4. The molecule has 1 heterocycles. The summed E-state index contributed by atoms with van der Waals surface area (Å²) >= 11 is 5.46. The molecule has 1 unspecified atom stereocenters. The molecule has 0 radical (unpaired) electrons. The highest BCUT2D eigenvalue weighted by molar-refractivity contribution is 6.30. The molecule has 0 aliphatic carbocycles. The van der Waals surface area contributed by atoms with Crippen LogP contribution < -0.4 is 11.3 Å². The number of nitrogens with zero attached hydrogens (tertiary/aromatic N) is 1. The van der Waals surface area contributed by atoms with Crippen LogP contribution in [0.3, 0.4) is 0 Å². The van der Waals surface area contributed by atoms with E-state index in [1.807, 2.05) is 0 Å². The van der Waals surface area contributed by atoms with Crippen LogP contribution in [0.2, 0.25) is 5.02 Å². The summed E-state index contributed by atoms with van der Waals surface area (Å²) in [5.74, 6) is 3.02. The minimum atomic E-state index is -1.05. The predicted molar refractivity (Wildman–Crippen MR) is 64.7 cm³/mol. The molecule has 1 atom stereocenters. The normalized spacial score (nSPS) is 12.5. The predicted octanol–water partition coefficient (Wildman–Crippen LogP) is 2.71. The van der Waals surface area contributed by atoms with Crippen molar-refractivity contribution in [2.24, 2.45) is 5.84 Å². The van der Waals surface area contributed by atoms with Gasteiger partial charge in [-0.05, 0) is 18.2 Å². The van der Waals surface area contributed by atoms with E-state index in [0.29, 0.717) is 0 Å². The van der Waals surface area contributed by atoms with E-state index in [9.17, 15) is 13.2 Å². The summed E-state index contributed by atoms with van der Waals surface area (Å²) < 4.78 is 40.8. The molecule has 0 saturated carbocycles. The van der Waals surface area contributed by atoms with Gasteiger partial charge in [-0.3, -0.25) is 10.8 Å². The second-order valence-electron chi connectivity index (χ2n) is 3.78. The quantitative estimate of drug-likeness (QED) is 0.518. The maximum atomic E-state index is 13.8. The van der Waals surface area contributed by atoms with Crippen molar-refractivity contribution in [2.75, 3.05) is 0 Å². The number of nitrogens with two attached hydrogens (primary N) is 1. The van der Waals surface area contributed by atoms with E-state index in [1.54, 1.807) is 0 Å². The average Bonchev–Trinajstić information content (AvgIpc) is 2.38. The Morgan fingerprint density at radius 3 is 2.47 bits per heavy atom. The molecule has 0 spiro atoms. The lowest BCUT2D eigenvalue weighted by molar-refractivity contribution is 0.521. The van der Waals surface area contributed by atoms with Gasteiger partial charge in [0.1, 0.15) is 17.5 Å². The molecule has 2 rings (SSSR count). The number of rotatable bonds is 3. The second-order valence-corrected chi connectivity index (χ2v) is 4.19. The zero-order valence-electron chi connectivity index (χ0n) is 9.50. The number of benzene rings is 1. The van der Waals surface area contributed by atoms with Crippen molar-refractivity contribution in [2.45, 2.75) is 6.04 Å². The van der Waals surface area contributed by atoms with Crippen LogP contribution in [0.15, 0.2) is 30.6 Å². The van der Waals surface area contributed by atoms with Crippen LogP contribution in [0, 0.1) is 17.5 Å². The fourth-order valence-electron chi connectivity index (χ4n) is 1.73. The van der Waals surface area contributed by atoms with Gasteiger partial charge in [-0.15, -0.1) is 0 Å². The second kappa shape index (κ2) is 5.56. The fraction of sp³-hybridized carbons (Fsp3) is 0.0833. The van der Waals surface area contributed by atoms with Crippen LogP contribution in [0.25, 0.3) is 0 Å². The number of aromatic nitrogens is 1. The van der Waals surface area contributed by atoms with Crippen LogP contribution in [-0.4, -0.2) is 4.98 Å². The molecule has 3 nitrogen and oxygen atoms in total. The van der Waals surface area contributed by atoms with Gasteiger partial charge < -0.3 is 0 Å². The van der Waals surface area contributed by atoms with Gasteiger partial charge in [0.25, 0.3) is 0 Å². The number of hydrogen-bond donors (Lipinski definition) is 2. The summed E-state index contributed by atoms with van der Waals surface area (Å²) in [5, 5.41) is -0.354. The third-order valence-corrected chi connectivity index (χ3v) is 2.92. The summed E-state index contributed by atoms with van der Waals surface area (Å²) in [6, 6.07) is 1.97. The van der Waals surface area contributed by atoms with E-state index >= 15 is 0 Å². The smallest absolute Gasteiger partial charge is 0.146 e. The molecular formula is C12H9ClF3N3. The zero-order valence-corrected chi connectivity index (χ0v) is 10.3. The SMILES string of the molecule is NNC(c1ccncc1F)c1cc(F)c(Cl)cc1F. The molecule has 19 heavy (non-hydrogen) atoms. The lowest BCUT2D eigenvalue weighted by atomic mass is 9.99. The van der Waals surface area contributed by atoms with Gasteiger partial charge in [0.05, 0.1) is 17.3 Å². The van der Waals surface area contributed by atoms with Gasteiger partial charge >= 0.3 is 0 Å². The Labute approximate surface area is 112 Å². The van der Waals surface area contributed by atoms with Gasteiger partial charge in [-0.2, -0.15) is 0 Å². The van der Waals surface area contributed by atoms with Crippen molar-refractivity contribution in [3.63, 3.8) is 0 Å². The Balaban J connectivity index is 2.55. The van der Waals surface area contributed by atoms with Crippen LogP contribution >= 0.6 is 11.6 Å². The Morgan fingerprint density at radius 1 is 1.11 bits per heavy atom. The third kappa shape index (κ3) is 2.70. The summed E-state index contributed by atoms with van der Waals surface area (Å²) in [6.45, 7) is 0. The summed E-state index contributed by atoms with van der Waals surface area (Å²) in [4.78, 5) is 3.58. The van der Waals surface area contributed by atoms with Gasteiger partial charge in [0.2, 0.25) is 0 Å². The average molecular weight is 288 g/mol. The minimum Gasteiger partial charge on any atom is -0.271 e. The Bertz CT molecular complexity index is 607. The van der Waals surface area contributed by atoms with Crippen molar-refractivity contribution < 1.29 is 13.2 Å². The third-order valence-electron chi connectivity index (χ3n) is 2.63. The van der Waals surface area contributed by atoms with Crippen LogP contribution in [-0.2, 0) is 0 Å². The van der Waals surface area contributed by atoms with Gasteiger partial charge in [0.15, 0.2) is 0 Å². The first-order valence-corrected chi connectivity index (χ1v) is 5.62. The topological polar surface area (TPSA) is 50.9 Å². The number of hydrazine groups is 1. The first kappa shape index (κ1) is 13.8. The molecule has 0 amide bonds. The maximum Gasteiger partial charge on any atom is 0.146 e. The summed E-state index contributed by atoms with van der Waals surface area (Å²) in [6.07, 6.45) is 2.29. The van der Waals surface area contributed by atoms with Crippen molar-refractivity contribution in [1.82, 2.24) is 10.4 Å². The van der Waals surface area contributed by atoms with Crippen molar-refractivity contribution in [3.05, 3.63) is 64.2 Å². The Kier molecular flexibility index (Phi) is 4.04. The Morgan fingerprint density at radius 2 is 1.84 bits per heavy atom. The molecular weight excluding hydrogens is 279 g/mol. The molecule has 3 N–H and O–H groups in total. The Hall–Kier alpha value is -1.63. The highest BCUT2D eigenvalue weighted by atomic mass is 35.5. The lowest BCUT2D eigenvalue weighted by Crippen LogP contribution is -2.30. The van der Waals surface area contributed by atoms with Crippen LogP contribution in [0.5, 0.6) is 0 Å². The molecule has 100 valence electrons. The first-order chi connectivity index (χ1) is 9.04. The van der Waals surface area contributed by atoms with Crippen molar-refractivity contribution in [3.8, 4) is 0 Å². The molecule has 0 saturated heterocycles. The van der Waals surface area contributed by atoms with Crippen LogP contribution in [0.4, 0.5) is 13.2 Å². The fourth-order valence-corrected chi connectivity index (χ4v) is 1.88. The summed E-state index contributed by atoms with van der Waals surface area (Å²) in [5.41, 5.74) is 2.16. The van der Waals surface area contributed by atoms with E-state index in [1.165, 1.54) is 12.3 Å². The molecule has 1 aromatic carbocycles. The van der Waals surface area contributed by atoms with E-state index < -0.39 is 23.5 Å². The lowest BCUT2D eigenvalue weighted by Gasteiger charge is -2.18.